The number of nitrogens with one attached hydrogen (secondary N) is 1. The van der Waals surface area contributed by atoms with Crippen molar-refractivity contribution in [3.8, 4) is 0 Å². The highest BCUT2D eigenvalue weighted by molar-refractivity contribution is 4.95. The van der Waals surface area contributed by atoms with Crippen molar-refractivity contribution in [1.29, 1.82) is 0 Å². The first-order valence-corrected chi connectivity index (χ1v) is 6.95. The molecule has 1 saturated carbocycles. The van der Waals surface area contributed by atoms with Crippen molar-refractivity contribution in [2.45, 2.75) is 71.4 Å². The molecule has 2 atom stereocenters. The molecule has 16 heavy (non-hydrogen) atoms. The fraction of sp³-hybridized carbons (Fsp3) is 1.00. The molecule has 3 N–H and O–H groups in total. The quantitative estimate of drug-likeness (QED) is 0.756. The molecule has 0 heterocycles. The minimum atomic E-state index is 0.228. The van der Waals surface area contributed by atoms with Crippen LogP contribution in [-0.2, 0) is 0 Å². The molecule has 1 fully saturated rings. The van der Waals surface area contributed by atoms with Gasteiger partial charge in [0.1, 0.15) is 0 Å². The van der Waals surface area contributed by atoms with Crippen molar-refractivity contribution in [3.63, 3.8) is 0 Å². The third-order valence-electron chi connectivity index (χ3n) is 3.74. The Kier molecular flexibility index (Phi) is 5.26. The van der Waals surface area contributed by atoms with Crippen molar-refractivity contribution in [2.24, 2.45) is 17.6 Å². The molecule has 2 unspecified atom stereocenters. The third kappa shape index (κ3) is 4.06. The Hall–Kier alpha value is -0.0800. The Balaban J connectivity index is 2.57. The fourth-order valence-corrected chi connectivity index (χ4v) is 3.34. The van der Waals surface area contributed by atoms with Gasteiger partial charge in [-0.2, -0.15) is 0 Å². The molecule has 0 spiro atoms. The normalized spacial score (nSPS) is 31.3. The summed E-state index contributed by atoms with van der Waals surface area (Å²) in [6, 6.07) is 0.543. The largest absolute Gasteiger partial charge is 0.329 e. The van der Waals surface area contributed by atoms with Gasteiger partial charge < -0.3 is 11.1 Å². The maximum atomic E-state index is 6.02. The molecule has 0 radical (unpaired) electrons. The molecule has 0 amide bonds. The second kappa shape index (κ2) is 6.02. The Morgan fingerprint density at radius 1 is 1.31 bits per heavy atom. The predicted molar refractivity (Wildman–Crippen MR) is 71.5 cm³/mol. The summed E-state index contributed by atoms with van der Waals surface area (Å²) in [6.07, 6.45) is 6.64. The summed E-state index contributed by atoms with van der Waals surface area (Å²) in [7, 11) is 0. The maximum absolute atomic E-state index is 6.02. The van der Waals surface area contributed by atoms with Crippen LogP contribution in [0.5, 0.6) is 0 Å². The topological polar surface area (TPSA) is 38.0 Å². The summed E-state index contributed by atoms with van der Waals surface area (Å²) >= 11 is 0. The minimum absolute atomic E-state index is 0.228. The van der Waals surface area contributed by atoms with Gasteiger partial charge in [-0.05, 0) is 31.1 Å². The van der Waals surface area contributed by atoms with Crippen molar-refractivity contribution in [2.75, 3.05) is 6.54 Å². The van der Waals surface area contributed by atoms with E-state index < -0.39 is 0 Å². The van der Waals surface area contributed by atoms with Gasteiger partial charge in [-0.25, -0.2) is 0 Å². The molecular weight excluding hydrogens is 196 g/mol. The molecule has 0 aromatic rings. The van der Waals surface area contributed by atoms with Gasteiger partial charge in [0.05, 0.1) is 0 Å². The summed E-state index contributed by atoms with van der Waals surface area (Å²) in [5.41, 5.74) is 6.25. The second-order valence-electron chi connectivity index (χ2n) is 6.38. The highest BCUT2D eigenvalue weighted by Gasteiger charge is 2.35. The van der Waals surface area contributed by atoms with E-state index in [4.69, 9.17) is 5.73 Å². The van der Waals surface area contributed by atoms with E-state index in [9.17, 15) is 0 Å². The first kappa shape index (κ1) is 14.0. The van der Waals surface area contributed by atoms with Crippen LogP contribution < -0.4 is 11.1 Å². The molecule has 0 aliphatic heterocycles. The van der Waals surface area contributed by atoms with Crippen LogP contribution >= 0.6 is 0 Å². The van der Waals surface area contributed by atoms with E-state index in [0.29, 0.717) is 6.04 Å². The van der Waals surface area contributed by atoms with E-state index in [-0.39, 0.29) is 5.54 Å². The highest BCUT2D eigenvalue weighted by atomic mass is 15.0. The molecule has 0 saturated heterocycles. The number of hydrogen-bond acceptors (Lipinski definition) is 2. The average molecular weight is 226 g/mol. The lowest BCUT2D eigenvalue weighted by molar-refractivity contribution is 0.158. The van der Waals surface area contributed by atoms with Crippen LogP contribution in [0.1, 0.15) is 59.8 Å². The van der Waals surface area contributed by atoms with E-state index in [1.54, 1.807) is 0 Å². The standard InChI is InChI=1S/C14H30N2/c1-11(2)8-13-6-5-7-14(9-13,10-15)16-12(3)4/h11-13,16H,5-10,15H2,1-4H3. The molecule has 0 aromatic carbocycles. The van der Waals surface area contributed by atoms with Crippen LogP contribution in [0.4, 0.5) is 0 Å². The SMILES string of the molecule is CC(C)CC1CCCC(CN)(NC(C)C)C1. The lowest BCUT2D eigenvalue weighted by Crippen LogP contribution is -2.56. The predicted octanol–water partition coefficient (Wildman–Crippen LogP) is 2.92. The lowest BCUT2D eigenvalue weighted by atomic mass is 9.73. The second-order valence-corrected chi connectivity index (χ2v) is 6.38. The van der Waals surface area contributed by atoms with Crippen molar-refractivity contribution < 1.29 is 0 Å². The van der Waals surface area contributed by atoms with Gasteiger partial charge in [0.25, 0.3) is 0 Å². The van der Waals surface area contributed by atoms with Crippen LogP contribution in [-0.4, -0.2) is 18.1 Å². The van der Waals surface area contributed by atoms with Crippen LogP contribution in [0.25, 0.3) is 0 Å². The fourth-order valence-electron chi connectivity index (χ4n) is 3.34. The van der Waals surface area contributed by atoms with E-state index in [1.807, 2.05) is 0 Å². The third-order valence-corrected chi connectivity index (χ3v) is 3.74. The zero-order valence-corrected chi connectivity index (χ0v) is 11.6. The number of nitrogens with two attached hydrogens (primary N) is 1. The zero-order valence-electron chi connectivity index (χ0n) is 11.6. The molecule has 1 rings (SSSR count). The van der Waals surface area contributed by atoms with Crippen molar-refractivity contribution >= 4 is 0 Å². The van der Waals surface area contributed by atoms with E-state index >= 15 is 0 Å². The smallest absolute Gasteiger partial charge is 0.0308 e. The lowest BCUT2D eigenvalue weighted by Gasteiger charge is -2.43. The molecule has 2 heteroatoms. The van der Waals surface area contributed by atoms with Gasteiger partial charge in [-0.15, -0.1) is 0 Å². The maximum Gasteiger partial charge on any atom is 0.0308 e. The highest BCUT2D eigenvalue weighted by Crippen LogP contribution is 2.35. The first-order chi connectivity index (χ1) is 7.47. The van der Waals surface area contributed by atoms with Crippen LogP contribution in [0.15, 0.2) is 0 Å². The Bertz CT molecular complexity index is 201. The molecule has 0 bridgehead atoms. The average Bonchev–Trinajstić information content (AvgIpc) is 2.16. The summed E-state index contributed by atoms with van der Waals surface area (Å²) in [5.74, 6) is 1.70. The van der Waals surface area contributed by atoms with E-state index in [0.717, 1.165) is 18.4 Å². The van der Waals surface area contributed by atoms with Gasteiger partial charge in [0.2, 0.25) is 0 Å². The summed E-state index contributed by atoms with van der Waals surface area (Å²) < 4.78 is 0. The molecule has 1 aliphatic rings. The molecule has 2 nitrogen and oxygen atoms in total. The van der Waals surface area contributed by atoms with E-state index in [1.165, 1.54) is 32.1 Å². The van der Waals surface area contributed by atoms with Gasteiger partial charge >= 0.3 is 0 Å². The van der Waals surface area contributed by atoms with Gasteiger partial charge in [-0.1, -0.05) is 40.5 Å². The Labute approximate surface area is 101 Å². The van der Waals surface area contributed by atoms with Crippen LogP contribution in [0.2, 0.25) is 0 Å². The van der Waals surface area contributed by atoms with Gasteiger partial charge in [0, 0.05) is 18.1 Å². The van der Waals surface area contributed by atoms with Gasteiger partial charge in [-0.3, -0.25) is 0 Å². The monoisotopic (exact) mass is 226 g/mol. The van der Waals surface area contributed by atoms with Crippen molar-refractivity contribution in [3.05, 3.63) is 0 Å². The summed E-state index contributed by atoms with van der Waals surface area (Å²) in [6.45, 7) is 9.90. The zero-order chi connectivity index (χ0) is 12.2. The molecule has 96 valence electrons. The van der Waals surface area contributed by atoms with Gasteiger partial charge in [0.15, 0.2) is 0 Å². The van der Waals surface area contributed by atoms with Crippen molar-refractivity contribution in [1.82, 2.24) is 5.32 Å². The van der Waals surface area contributed by atoms with Crippen LogP contribution in [0.3, 0.4) is 0 Å². The molecule has 0 aromatic heterocycles. The molecular formula is C14H30N2. The van der Waals surface area contributed by atoms with E-state index in [2.05, 4.69) is 33.0 Å². The van der Waals surface area contributed by atoms with Crippen LogP contribution in [0, 0.1) is 11.8 Å². The molecule has 1 aliphatic carbocycles. The number of rotatable bonds is 5. The Morgan fingerprint density at radius 2 is 2.00 bits per heavy atom. The Morgan fingerprint density at radius 3 is 2.50 bits per heavy atom. The minimum Gasteiger partial charge on any atom is -0.329 e. The summed E-state index contributed by atoms with van der Waals surface area (Å²) in [5, 5.41) is 3.72. The summed E-state index contributed by atoms with van der Waals surface area (Å²) in [4.78, 5) is 0. The number of hydrogen-bond donors (Lipinski definition) is 2. The first-order valence-electron chi connectivity index (χ1n) is 6.95.